The Morgan fingerprint density at radius 1 is 1.86 bits per heavy atom. The predicted octanol–water partition coefficient (Wildman–Crippen LogP) is -0.128. The van der Waals surface area contributed by atoms with Crippen LogP contribution in [0.2, 0.25) is 0 Å². The van der Waals surface area contributed by atoms with Crippen molar-refractivity contribution in [2.45, 2.75) is 0 Å². The lowest BCUT2D eigenvalue weighted by molar-refractivity contribution is 0.567. The van der Waals surface area contributed by atoms with Crippen LogP contribution in [0.5, 0.6) is 6.01 Å². The van der Waals surface area contributed by atoms with Crippen LogP contribution in [-0.2, 0) is 0 Å². The first-order valence-corrected chi connectivity index (χ1v) is 2.17. The molecule has 0 atom stereocenters. The van der Waals surface area contributed by atoms with Gasteiger partial charge in [-0.25, -0.2) is 4.98 Å². The van der Waals surface area contributed by atoms with Crippen LogP contribution in [-0.4, -0.2) is 20.5 Å². The third-order valence-corrected chi connectivity index (χ3v) is 0.763. The van der Waals surface area contributed by atoms with Crippen LogP contribution in [0.3, 0.4) is 0 Å². The van der Waals surface area contributed by atoms with E-state index in [2.05, 4.69) is 24.9 Å². The van der Waals surface area contributed by atoms with E-state index in [1.165, 1.54) is 0 Å². The number of hydrogen-bond acceptors (Lipinski definition) is 2. The summed E-state index contributed by atoms with van der Waals surface area (Å²) in [5.74, 6) is 0. The molecule has 35 valence electrons. The maximum Gasteiger partial charge on any atom is 0.345 e. The monoisotopic (exact) mass is 111 g/mol. The number of imidazole rings is 1. The number of aromatic nitrogens is 2. The third-order valence-electron chi connectivity index (χ3n) is 0.570. The Bertz CT molecular complexity index is 127. The van der Waals surface area contributed by atoms with Gasteiger partial charge in [-0.1, -0.05) is 0 Å². The molecule has 0 saturated heterocycles. The van der Waals surface area contributed by atoms with Gasteiger partial charge in [-0.3, -0.25) is 0 Å². The number of hydrogen-bond donors (Lipinski definition) is 1. The molecule has 0 fully saturated rings. The fraction of sp³-hybridized carbons (Fsp3) is 0. The Kier molecular flexibility index (Phi) is 1.12. The Balaban J connectivity index is 2.76. The van der Waals surface area contributed by atoms with E-state index in [9.17, 15) is 0 Å². The molecule has 1 aromatic rings. The highest BCUT2D eigenvalue weighted by Crippen LogP contribution is 1.93. The standard InChI is InChI=1S/C3H3N2OSi/c7-6-3-4-1-2-5-3/h1-2H,(H,4,5). The zero-order valence-corrected chi connectivity index (χ0v) is 4.51. The molecule has 1 heterocycles. The van der Waals surface area contributed by atoms with Gasteiger partial charge < -0.3 is 9.41 Å². The minimum absolute atomic E-state index is 0.469. The highest BCUT2D eigenvalue weighted by Gasteiger charge is 1.83. The van der Waals surface area contributed by atoms with Crippen LogP contribution in [0, 0.1) is 0 Å². The summed E-state index contributed by atoms with van der Waals surface area (Å²) in [7, 11) is 2.79. The van der Waals surface area contributed by atoms with Crippen molar-refractivity contribution < 1.29 is 4.43 Å². The summed E-state index contributed by atoms with van der Waals surface area (Å²) >= 11 is 0. The van der Waals surface area contributed by atoms with Crippen LogP contribution in [0.25, 0.3) is 0 Å². The minimum atomic E-state index is 0.469. The molecule has 3 nitrogen and oxygen atoms in total. The van der Waals surface area contributed by atoms with Crippen molar-refractivity contribution in [1.82, 2.24) is 9.97 Å². The van der Waals surface area contributed by atoms with Gasteiger partial charge in [-0.15, -0.1) is 0 Å². The number of rotatable bonds is 1. The van der Waals surface area contributed by atoms with Crippen molar-refractivity contribution in [3.05, 3.63) is 12.4 Å². The lowest BCUT2D eigenvalue weighted by Gasteiger charge is -1.85. The van der Waals surface area contributed by atoms with Crippen LogP contribution in [0.4, 0.5) is 0 Å². The first-order chi connectivity index (χ1) is 3.43. The smallest absolute Gasteiger partial charge is 0.345 e. The van der Waals surface area contributed by atoms with Crippen molar-refractivity contribution >= 4 is 10.5 Å². The molecule has 0 aliphatic rings. The van der Waals surface area contributed by atoms with Crippen LogP contribution < -0.4 is 4.43 Å². The third kappa shape index (κ3) is 0.804. The SMILES string of the molecule is [Si]Oc1ncc[nH]1. The number of H-pyrrole nitrogens is 1. The van der Waals surface area contributed by atoms with Crippen molar-refractivity contribution in [3.63, 3.8) is 0 Å². The molecule has 0 aliphatic heterocycles. The van der Waals surface area contributed by atoms with E-state index in [1.54, 1.807) is 12.4 Å². The first-order valence-electron chi connectivity index (χ1n) is 1.76. The van der Waals surface area contributed by atoms with Gasteiger partial charge in [-0.2, -0.15) is 0 Å². The summed E-state index contributed by atoms with van der Waals surface area (Å²) in [5, 5.41) is 0. The van der Waals surface area contributed by atoms with Crippen molar-refractivity contribution in [3.8, 4) is 6.01 Å². The summed E-state index contributed by atoms with van der Waals surface area (Å²) in [5.41, 5.74) is 0. The fourth-order valence-corrected chi connectivity index (χ4v) is 0.418. The van der Waals surface area contributed by atoms with E-state index in [1.807, 2.05) is 0 Å². The molecule has 1 aromatic heterocycles. The Morgan fingerprint density at radius 3 is 3.00 bits per heavy atom. The number of nitrogens with zero attached hydrogens (tertiary/aromatic N) is 1. The first kappa shape index (κ1) is 4.39. The Morgan fingerprint density at radius 2 is 2.71 bits per heavy atom. The van der Waals surface area contributed by atoms with Crippen LogP contribution in [0.1, 0.15) is 0 Å². The van der Waals surface area contributed by atoms with Gasteiger partial charge in [0.15, 0.2) is 0 Å². The molecular formula is C3H3N2OSi. The van der Waals surface area contributed by atoms with Gasteiger partial charge in [0, 0.05) is 12.4 Å². The lowest BCUT2D eigenvalue weighted by Crippen LogP contribution is -1.84. The van der Waals surface area contributed by atoms with Gasteiger partial charge in [-0.05, 0) is 0 Å². The van der Waals surface area contributed by atoms with Crippen LogP contribution in [0.15, 0.2) is 12.4 Å². The van der Waals surface area contributed by atoms with E-state index in [0.29, 0.717) is 6.01 Å². The predicted molar refractivity (Wildman–Crippen MR) is 25.0 cm³/mol. The van der Waals surface area contributed by atoms with E-state index in [0.717, 1.165) is 0 Å². The second-order valence-electron chi connectivity index (χ2n) is 0.996. The van der Waals surface area contributed by atoms with Gasteiger partial charge in [0.2, 0.25) is 0 Å². The molecule has 0 amide bonds. The molecule has 0 unspecified atom stereocenters. The van der Waals surface area contributed by atoms with E-state index in [-0.39, 0.29) is 0 Å². The highest BCUT2D eigenvalue weighted by atomic mass is 28.2. The molecule has 1 rings (SSSR count). The van der Waals surface area contributed by atoms with Crippen LogP contribution >= 0.6 is 0 Å². The lowest BCUT2D eigenvalue weighted by atomic mass is 11.0. The molecule has 0 aromatic carbocycles. The summed E-state index contributed by atoms with van der Waals surface area (Å²) < 4.78 is 4.49. The van der Waals surface area contributed by atoms with E-state index in [4.69, 9.17) is 0 Å². The van der Waals surface area contributed by atoms with E-state index >= 15 is 0 Å². The zero-order valence-electron chi connectivity index (χ0n) is 3.51. The molecule has 1 N–H and O–H groups in total. The molecule has 0 saturated carbocycles. The topological polar surface area (TPSA) is 37.9 Å². The average Bonchev–Trinajstić information content (AvgIpc) is 2.14. The normalized spacial score (nSPS) is 8.71. The molecule has 0 bridgehead atoms. The molecule has 0 aliphatic carbocycles. The maximum atomic E-state index is 4.49. The van der Waals surface area contributed by atoms with Crippen molar-refractivity contribution in [1.29, 1.82) is 0 Å². The Labute approximate surface area is 44.3 Å². The second-order valence-corrected chi connectivity index (χ2v) is 1.20. The van der Waals surface area contributed by atoms with Gasteiger partial charge >= 0.3 is 10.5 Å². The Hall–Kier alpha value is -0.773. The van der Waals surface area contributed by atoms with Crippen molar-refractivity contribution in [2.24, 2.45) is 0 Å². The molecule has 7 heavy (non-hydrogen) atoms. The second kappa shape index (κ2) is 1.79. The maximum absolute atomic E-state index is 4.49. The number of nitrogens with one attached hydrogen (secondary N) is 1. The summed E-state index contributed by atoms with van der Waals surface area (Å²) in [4.78, 5) is 6.41. The quantitative estimate of drug-likeness (QED) is 0.513. The largest absolute Gasteiger partial charge is 0.515 e. The molecule has 4 heteroatoms. The van der Waals surface area contributed by atoms with Crippen molar-refractivity contribution in [2.75, 3.05) is 0 Å². The molecule has 3 radical (unpaired) electrons. The average molecular weight is 111 g/mol. The summed E-state index contributed by atoms with van der Waals surface area (Å²) in [6, 6.07) is 0.469. The van der Waals surface area contributed by atoms with E-state index < -0.39 is 0 Å². The molecular weight excluding hydrogens is 108 g/mol. The number of aromatic amines is 1. The zero-order chi connectivity index (χ0) is 5.11. The fourth-order valence-electron chi connectivity index (χ4n) is 0.307. The summed E-state index contributed by atoms with van der Waals surface area (Å²) in [6.45, 7) is 0. The van der Waals surface area contributed by atoms with Gasteiger partial charge in [0.05, 0.1) is 0 Å². The highest BCUT2D eigenvalue weighted by molar-refractivity contribution is 5.99. The van der Waals surface area contributed by atoms with Gasteiger partial charge in [0.25, 0.3) is 6.01 Å². The molecule has 0 spiro atoms. The minimum Gasteiger partial charge on any atom is -0.515 e. The summed E-state index contributed by atoms with van der Waals surface area (Å²) in [6.07, 6.45) is 3.28. The van der Waals surface area contributed by atoms with Gasteiger partial charge in [0.1, 0.15) is 0 Å².